The first kappa shape index (κ1) is 10.9. The molecule has 1 aliphatic carbocycles. The van der Waals surface area contributed by atoms with Gasteiger partial charge in [-0.25, -0.2) is 0 Å². The Morgan fingerprint density at radius 1 is 1.47 bits per heavy atom. The van der Waals surface area contributed by atoms with Gasteiger partial charge in [-0.15, -0.1) is 0 Å². The van der Waals surface area contributed by atoms with Gasteiger partial charge in [0.1, 0.15) is 0 Å². The molecule has 1 saturated carbocycles. The maximum Gasteiger partial charge on any atom is 0.0638 e. The van der Waals surface area contributed by atoms with Gasteiger partial charge in [-0.05, 0) is 25.2 Å². The van der Waals surface area contributed by atoms with Gasteiger partial charge in [-0.3, -0.25) is 4.90 Å². The zero-order valence-corrected chi connectivity index (χ0v) is 9.39. The fourth-order valence-electron chi connectivity index (χ4n) is 3.21. The number of likely N-dealkylation sites (tertiary alicyclic amines) is 1. The van der Waals surface area contributed by atoms with Gasteiger partial charge in [0.15, 0.2) is 0 Å². The Morgan fingerprint density at radius 3 is 2.87 bits per heavy atom. The molecular weight excluding hydrogens is 188 g/mol. The molecule has 0 aromatic rings. The number of nitrogens with zero attached hydrogens (tertiary/aromatic N) is 2. The van der Waals surface area contributed by atoms with E-state index in [0.29, 0.717) is 24.3 Å². The van der Waals surface area contributed by atoms with Crippen LogP contribution in [0.1, 0.15) is 32.6 Å². The molecular formula is C12H20N2O. The first-order valence-electron chi connectivity index (χ1n) is 6.05. The second-order valence-corrected chi connectivity index (χ2v) is 4.95. The Bertz CT molecular complexity index is 261. The minimum atomic E-state index is -0.0837. The van der Waals surface area contributed by atoms with Gasteiger partial charge in [0, 0.05) is 25.0 Å². The molecule has 0 aromatic heterocycles. The summed E-state index contributed by atoms with van der Waals surface area (Å²) in [4.78, 5) is 2.42. The van der Waals surface area contributed by atoms with Crippen molar-refractivity contribution in [1.82, 2.24) is 4.90 Å². The normalized spacial score (nSPS) is 37.5. The van der Waals surface area contributed by atoms with Crippen LogP contribution < -0.4 is 0 Å². The van der Waals surface area contributed by atoms with Crippen molar-refractivity contribution >= 4 is 0 Å². The summed E-state index contributed by atoms with van der Waals surface area (Å²) in [5.74, 6) is 1.17. The van der Waals surface area contributed by atoms with Gasteiger partial charge < -0.3 is 5.11 Å². The molecule has 2 aliphatic rings. The average molecular weight is 208 g/mol. The molecule has 0 spiro atoms. The summed E-state index contributed by atoms with van der Waals surface area (Å²) in [7, 11) is 0. The Kier molecular flexibility index (Phi) is 3.28. The molecule has 1 heterocycles. The summed E-state index contributed by atoms with van der Waals surface area (Å²) in [6.45, 7) is 4.25. The Balaban J connectivity index is 1.95. The predicted octanol–water partition coefficient (Wildman–Crippen LogP) is 1.38. The van der Waals surface area contributed by atoms with Crippen LogP contribution in [0.4, 0.5) is 0 Å². The molecule has 0 aromatic carbocycles. The van der Waals surface area contributed by atoms with Crippen LogP contribution >= 0.6 is 0 Å². The van der Waals surface area contributed by atoms with E-state index in [1.807, 2.05) is 0 Å². The van der Waals surface area contributed by atoms with E-state index in [2.05, 4.69) is 17.9 Å². The van der Waals surface area contributed by atoms with Crippen molar-refractivity contribution in [3.8, 4) is 6.07 Å². The minimum absolute atomic E-state index is 0.0837. The third-order valence-electron chi connectivity index (χ3n) is 4.16. The van der Waals surface area contributed by atoms with Crippen molar-refractivity contribution in [2.75, 3.05) is 13.1 Å². The predicted molar refractivity (Wildman–Crippen MR) is 58.1 cm³/mol. The minimum Gasteiger partial charge on any atom is -0.393 e. The monoisotopic (exact) mass is 208 g/mol. The second-order valence-electron chi connectivity index (χ2n) is 4.95. The van der Waals surface area contributed by atoms with Crippen molar-refractivity contribution in [2.45, 2.75) is 44.8 Å². The summed E-state index contributed by atoms with van der Waals surface area (Å²) >= 11 is 0. The van der Waals surface area contributed by atoms with Crippen LogP contribution in [-0.4, -0.2) is 35.2 Å². The van der Waals surface area contributed by atoms with E-state index in [0.717, 1.165) is 25.9 Å². The van der Waals surface area contributed by atoms with Crippen LogP contribution in [0.2, 0.25) is 0 Å². The van der Waals surface area contributed by atoms with Crippen LogP contribution in [0.5, 0.6) is 0 Å². The largest absolute Gasteiger partial charge is 0.393 e. The first-order valence-corrected chi connectivity index (χ1v) is 6.05. The number of nitriles is 1. The average Bonchev–Trinajstić information content (AvgIpc) is 2.78. The third-order valence-corrected chi connectivity index (χ3v) is 4.16. The van der Waals surface area contributed by atoms with E-state index < -0.39 is 0 Å². The van der Waals surface area contributed by atoms with Gasteiger partial charge in [0.25, 0.3) is 0 Å². The fraction of sp³-hybridized carbons (Fsp3) is 0.917. The Morgan fingerprint density at radius 2 is 2.27 bits per heavy atom. The van der Waals surface area contributed by atoms with Gasteiger partial charge in [-0.2, -0.15) is 5.26 Å². The van der Waals surface area contributed by atoms with Gasteiger partial charge >= 0.3 is 0 Å². The van der Waals surface area contributed by atoms with Crippen molar-refractivity contribution < 1.29 is 5.11 Å². The van der Waals surface area contributed by atoms with Crippen molar-refractivity contribution in [1.29, 1.82) is 5.26 Å². The van der Waals surface area contributed by atoms with Gasteiger partial charge in [0.05, 0.1) is 18.6 Å². The molecule has 3 nitrogen and oxygen atoms in total. The van der Waals surface area contributed by atoms with Crippen LogP contribution in [0, 0.1) is 23.2 Å². The standard InChI is InChI=1S/C12H20N2O/c1-2-10(5-6-13)14-7-9-3-4-12(15)11(9)8-14/h9-12,15H,2-5,7-8H2,1H3. The molecule has 3 heteroatoms. The molecule has 0 radical (unpaired) electrons. The Hall–Kier alpha value is -0.590. The quantitative estimate of drug-likeness (QED) is 0.762. The van der Waals surface area contributed by atoms with E-state index in [9.17, 15) is 5.11 Å². The second kappa shape index (κ2) is 4.51. The highest BCUT2D eigenvalue weighted by molar-refractivity contribution is 4.96. The molecule has 2 fully saturated rings. The summed E-state index contributed by atoms with van der Waals surface area (Å²) in [5, 5.41) is 18.6. The summed E-state index contributed by atoms with van der Waals surface area (Å²) < 4.78 is 0. The van der Waals surface area contributed by atoms with Crippen LogP contribution in [0.15, 0.2) is 0 Å². The lowest BCUT2D eigenvalue weighted by Crippen LogP contribution is -2.34. The maximum absolute atomic E-state index is 9.81. The molecule has 2 rings (SSSR count). The fourth-order valence-corrected chi connectivity index (χ4v) is 3.21. The first-order chi connectivity index (χ1) is 7.26. The van der Waals surface area contributed by atoms with Crippen molar-refractivity contribution in [3.63, 3.8) is 0 Å². The van der Waals surface area contributed by atoms with E-state index in [-0.39, 0.29) is 6.10 Å². The highest BCUT2D eigenvalue weighted by atomic mass is 16.3. The van der Waals surface area contributed by atoms with Crippen LogP contribution in [-0.2, 0) is 0 Å². The smallest absolute Gasteiger partial charge is 0.0638 e. The van der Waals surface area contributed by atoms with E-state index >= 15 is 0 Å². The lowest BCUT2D eigenvalue weighted by Gasteiger charge is -2.25. The van der Waals surface area contributed by atoms with Gasteiger partial charge in [0.2, 0.25) is 0 Å². The third kappa shape index (κ3) is 2.02. The molecule has 4 atom stereocenters. The Labute approximate surface area is 91.7 Å². The highest BCUT2D eigenvalue weighted by Gasteiger charge is 2.43. The molecule has 15 heavy (non-hydrogen) atoms. The molecule has 1 aliphatic heterocycles. The number of hydrogen-bond donors (Lipinski definition) is 1. The zero-order chi connectivity index (χ0) is 10.8. The van der Waals surface area contributed by atoms with Gasteiger partial charge in [-0.1, -0.05) is 6.92 Å². The molecule has 4 unspecified atom stereocenters. The van der Waals surface area contributed by atoms with Crippen LogP contribution in [0.3, 0.4) is 0 Å². The highest BCUT2D eigenvalue weighted by Crippen LogP contribution is 2.39. The van der Waals surface area contributed by atoms with Crippen molar-refractivity contribution in [3.05, 3.63) is 0 Å². The summed E-state index contributed by atoms with van der Waals surface area (Å²) in [5.41, 5.74) is 0. The molecule has 0 bridgehead atoms. The number of fused-ring (bicyclic) bond motifs is 1. The van der Waals surface area contributed by atoms with E-state index in [1.165, 1.54) is 6.42 Å². The maximum atomic E-state index is 9.81. The number of hydrogen-bond acceptors (Lipinski definition) is 3. The number of rotatable bonds is 3. The lowest BCUT2D eigenvalue weighted by molar-refractivity contribution is 0.117. The zero-order valence-electron chi connectivity index (χ0n) is 9.39. The molecule has 84 valence electrons. The van der Waals surface area contributed by atoms with E-state index in [4.69, 9.17) is 5.26 Å². The molecule has 1 saturated heterocycles. The van der Waals surface area contributed by atoms with Crippen molar-refractivity contribution in [2.24, 2.45) is 11.8 Å². The lowest BCUT2D eigenvalue weighted by atomic mass is 10.00. The van der Waals surface area contributed by atoms with Crippen LogP contribution in [0.25, 0.3) is 0 Å². The number of aliphatic hydroxyl groups is 1. The number of aliphatic hydroxyl groups excluding tert-OH is 1. The van der Waals surface area contributed by atoms with E-state index in [1.54, 1.807) is 0 Å². The molecule has 1 N–H and O–H groups in total. The molecule has 0 amide bonds. The SMILES string of the molecule is CCC(CC#N)N1CC2CCC(O)C2C1. The summed E-state index contributed by atoms with van der Waals surface area (Å²) in [6, 6.07) is 2.68. The topological polar surface area (TPSA) is 47.3 Å². The summed E-state index contributed by atoms with van der Waals surface area (Å²) in [6.07, 6.45) is 3.75.